The lowest BCUT2D eigenvalue weighted by molar-refractivity contribution is -0.132. The summed E-state index contributed by atoms with van der Waals surface area (Å²) in [6.07, 6.45) is 1.01. The monoisotopic (exact) mass is 342 g/mol. The smallest absolute Gasteiger partial charge is 0.263 e. The predicted octanol–water partition coefficient (Wildman–Crippen LogP) is 1.57. The van der Waals surface area contributed by atoms with Crippen LogP contribution in [0, 0.1) is 0 Å². The number of likely N-dealkylation sites (tertiary alicyclic amines) is 1. The number of likely N-dealkylation sites (N-methyl/N-ethyl adjacent to an activating group) is 1. The van der Waals surface area contributed by atoms with E-state index in [0.717, 1.165) is 16.5 Å². The lowest BCUT2D eigenvalue weighted by Gasteiger charge is -2.17. The molecule has 1 aromatic rings. The second kappa shape index (κ2) is 6.45. The van der Waals surface area contributed by atoms with Crippen molar-refractivity contribution in [1.29, 1.82) is 0 Å². The van der Waals surface area contributed by atoms with E-state index in [9.17, 15) is 4.79 Å². The highest BCUT2D eigenvalue weighted by Crippen LogP contribution is 2.38. The molecule has 1 amide bonds. The largest absolute Gasteiger partial charge is 0.493 e. The third-order valence-corrected chi connectivity index (χ3v) is 3.95. The molecule has 1 fully saturated rings. The number of rotatable bonds is 5. The molecule has 0 saturated carbocycles. The molecule has 20 heavy (non-hydrogen) atoms. The first-order valence-corrected chi connectivity index (χ1v) is 7.34. The van der Waals surface area contributed by atoms with Crippen LogP contribution in [0.3, 0.4) is 0 Å². The number of halogens is 1. The van der Waals surface area contributed by atoms with Crippen LogP contribution in [-0.4, -0.2) is 44.2 Å². The van der Waals surface area contributed by atoms with Gasteiger partial charge in [0.2, 0.25) is 0 Å². The fourth-order valence-electron chi connectivity index (χ4n) is 2.24. The highest BCUT2D eigenvalue weighted by molar-refractivity contribution is 9.10. The summed E-state index contributed by atoms with van der Waals surface area (Å²) in [5.74, 6) is 1.19. The number of carbonyl (C=O) groups excluding carboxylic acids is 1. The van der Waals surface area contributed by atoms with Gasteiger partial charge in [-0.3, -0.25) is 4.79 Å². The number of nitrogens with zero attached hydrogens (tertiary/aromatic N) is 1. The minimum Gasteiger partial charge on any atom is -0.493 e. The summed E-state index contributed by atoms with van der Waals surface area (Å²) in [5.41, 5.74) is 6.64. The zero-order valence-corrected chi connectivity index (χ0v) is 13.3. The molecule has 0 bridgehead atoms. The van der Waals surface area contributed by atoms with Gasteiger partial charge in [-0.25, -0.2) is 0 Å². The summed E-state index contributed by atoms with van der Waals surface area (Å²) in [5, 5.41) is 0. The van der Waals surface area contributed by atoms with Gasteiger partial charge in [-0.1, -0.05) is 0 Å². The van der Waals surface area contributed by atoms with E-state index >= 15 is 0 Å². The third-order valence-electron chi connectivity index (χ3n) is 3.36. The molecule has 1 heterocycles. The average Bonchev–Trinajstić information content (AvgIpc) is 2.73. The summed E-state index contributed by atoms with van der Waals surface area (Å²) in [6.45, 7) is 1.29. The Morgan fingerprint density at radius 1 is 1.50 bits per heavy atom. The molecule has 2 rings (SSSR count). The molecule has 1 aliphatic rings. The van der Waals surface area contributed by atoms with E-state index in [4.69, 9.17) is 15.2 Å². The van der Waals surface area contributed by atoms with Gasteiger partial charge in [0.25, 0.3) is 5.91 Å². The van der Waals surface area contributed by atoms with Gasteiger partial charge >= 0.3 is 0 Å². The molecular weight excluding hydrogens is 324 g/mol. The van der Waals surface area contributed by atoms with Gasteiger partial charge in [0.15, 0.2) is 17.6 Å². The normalized spacial score (nSPS) is 18.5. The maximum atomic E-state index is 11.9. The van der Waals surface area contributed by atoms with Gasteiger partial charge in [0.05, 0.1) is 11.6 Å². The maximum Gasteiger partial charge on any atom is 0.263 e. The number of methoxy groups -OCH3 is 1. The van der Waals surface area contributed by atoms with Gasteiger partial charge in [-0.2, -0.15) is 0 Å². The van der Waals surface area contributed by atoms with Gasteiger partial charge in [0.1, 0.15) is 0 Å². The van der Waals surface area contributed by atoms with Crippen molar-refractivity contribution in [3.63, 3.8) is 0 Å². The van der Waals surface area contributed by atoms with E-state index in [-0.39, 0.29) is 5.91 Å². The number of nitrogens with two attached hydrogens (primary N) is 1. The lowest BCUT2D eigenvalue weighted by Crippen LogP contribution is -2.29. The second-order valence-electron chi connectivity index (χ2n) is 4.80. The van der Waals surface area contributed by atoms with Crippen LogP contribution in [-0.2, 0) is 11.2 Å². The van der Waals surface area contributed by atoms with E-state index < -0.39 is 6.10 Å². The van der Waals surface area contributed by atoms with Crippen molar-refractivity contribution in [3.05, 3.63) is 22.2 Å². The van der Waals surface area contributed by atoms with Crippen LogP contribution >= 0.6 is 15.9 Å². The van der Waals surface area contributed by atoms with Crippen molar-refractivity contribution in [2.24, 2.45) is 5.73 Å². The number of ether oxygens (including phenoxy) is 2. The first-order valence-electron chi connectivity index (χ1n) is 6.55. The Labute approximate surface area is 127 Å². The van der Waals surface area contributed by atoms with Crippen molar-refractivity contribution < 1.29 is 14.3 Å². The SMILES string of the molecule is COc1cc(CCN)cc(Br)c1OC1CCN(C)C1=O. The number of benzene rings is 1. The van der Waals surface area contributed by atoms with E-state index in [1.54, 1.807) is 19.1 Å². The molecule has 2 N–H and O–H groups in total. The Balaban J connectivity index is 2.25. The number of amides is 1. The fourth-order valence-corrected chi connectivity index (χ4v) is 2.82. The van der Waals surface area contributed by atoms with E-state index in [1.807, 2.05) is 12.1 Å². The summed E-state index contributed by atoms with van der Waals surface area (Å²) >= 11 is 3.48. The Bertz CT molecular complexity index is 507. The second-order valence-corrected chi connectivity index (χ2v) is 5.66. The van der Waals surface area contributed by atoms with Crippen LogP contribution in [0.4, 0.5) is 0 Å². The Hall–Kier alpha value is -1.27. The van der Waals surface area contributed by atoms with Crippen molar-refractivity contribution in [2.75, 3.05) is 27.2 Å². The molecular formula is C14H19BrN2O3. The Morgan fingerprint density at radius 2 is 2.25 bits per heavy atom. The van der Waals surface area contributed by atoms with E-state index in [1.165, 1.54) is 0 Å². The summed E-state index contributed by atoms with van der Waals surface area (Å²) in [6, 6.07) is 3.85. The number of hydrogen-bond acceptors (Lipinski definition) is 4. The molecule has 5 nitrogen and oxygen atoms in total. The summed E-state index contributed by atoms with van der Waals surface area (Å²) in [7, 11) is 3.37. The predicted molar refractivity (Wildman–Crippen MR) is 80.1 cm³/mol. The van der Waals surface area contributed by atoms with Crippen molar-refractivity contribution >= 4 is 21.8 Å². The van der Waals surface area contributed by atoms with Crippen LogP contribution in [0.5, 0.6) is 11.5 Å². The molecule has 6 heteroatoms. The Kier molecular flexibility index (Phi) is 4.88. The number of carbonyl (C=O) groups is 1. The van der Waals surface area contributed by atoms with Gasteiger partial charge in [-0.05, 0) is 46.6 Å². The van der Waals surface area contributed by atoms with Crippen LogP contribution in [0.25, 0.3) is 0 Å². The highest BCUT2D eigenvalue weighted by atomic mass is 79.9. The minimum absolute atomic E-state index is 0.00462. The van der Waals surface area contributed by atoms with E-state index in [2.05, 4.69) is 15.9 Å². The molecule has 0 spiro atoms. The molecule has 1 aliphatic heterocycles. The van der Waals surface area contributed by atoms with Crippen LogP contribution < -0.4 is 15.2 Å². The summed E-state index contributed by atoms with van der Waals surface area (Å²) in [4.78, 5) is 13.6. The fraction of sp³-hybridized carbons (Fsp3) is 0.500. The van der Waals surface area contributed by atoms with Gasteiger partial charge < -0.3 is 20.1 Å². The van der Waals surface area contributed by atoms with Crippen LogP contribution in [0.15, 0.2) is 16.6 Å². The first kappa shape index (κ1) is 15.1. The van der Waals surface area contributed by atoms with Crippen LogP contribution in [0.2, 0.25) is 0 Å². The van der Waals surface area contributed by atoms with Crippen molar-refractivity contribution in [2.45, 2.75) is 18.9 Å². The number of hydrogen-bond donors (Lipinski definition) is 1. The molecule has 0 aromatic heterocycles. The average molecular weight is 343 g/mol. The first-order chi connectivity index (χ1) is 9.56. The zero-order chi connectivity index (χ0) is 14.7. The van der Waals surface area contributed by atoms with Gasteiger partial charge in [0, 0.05) is 20.0 Å². The molecule has 1 saturated heterocycles. The topological polar surface area (TPSA) is 64.8 Å². The molecule has 0 radical (unpaired) electrons. The standard InChI is InChI=1S/C14H19BrN2O3/c1-17-6-4-11(14(17)18)20-13-10(15)7-9(3-5-16)8-12(13)19-2/h7-8,11H,3-6,16H2,1-2H3. The van der Waals surface area contributed by atoms with Gasteiger partial charge in [-0.15, -0.1) is 0 Å². The quantitative estimate of drug-likeness (QED) is 0.882. The minimum atomic E-state index is -0.439. The molecule has 1 aromatic carbocycles. The third kappa shape index (κ3) is 3.07. The lowest BCUT2D eigenvalue weighted by atomic mass is 10.1. The molecule has 1 atom stereocenters. The van der Waals surface area contributed by atoms with Crippen molar-refractivity contribution in [1.82, 2.24) is 4.90 Å². The molecule has 110 valence electrons. The molecule has 1 unspecified atom stereocenters. The Morgan fingerprint density at radius 3 is 2.80 bits per heavy atom. The molecule has 0 aliphatic carbocycles. The van der Waals surface area contributed by atoms with E-state index in [0.29, 0.717) is 31.0 Å². The van der Waals surface area contributed by atoms with Crippen LogP contribution in [0.1, 0.15) is 12.0 Å². The summed E-state index contributed by atoms with van der Waals surface area (Å²) < 4.78 is 12.0. The van der Waals surface area contributed by atoms with Crippen molar-refractivity contribution in [3.8, 4) is 11.5 Å². The maximum absolute atomic E-state index is 11.9. The zero-order valence-electron chi connectivity index (χ0n) is 11.7. The highest BCUT2D eigenvalue weighted by Gasteiger charge is 2.32.